The topological polar surface area (TPSA) is 952 Å². The molecule has 1 aliphatic rings. The minimum absolute atomic E-state index is 0.121. The molecule has 13 aromatic heterocycles. The smallest absolute Gasteiger partial charge is 0.245 e. The Labute approximate surface area is 828 Å². The van der Waals surface area contributed by atoms with Crippen LogP contribution >= 0.6 is 11.6 Å². The lowest BCUT2D eigenvalue weighted by Gasteiger charge is -2.09. The Morgan fingerprint density at radius 1 is 0.361 bits per heavy atom. The summed E-state index contributed by atoms with van der Waals surface area (Å²) >= 11 is 5.84. The third kappa shape index (κ3) is 44.3. The number of aromatic amines is 9. The summed E-state index contributed by atoms with van der Waals surface area (Å²) in [5, 5.41) is 101. The lowest BCUT2D eigenvalue weighted by Crippen LogP contribution is -2.15. The van der Waals surface area contributed by atoms with E-state index < -0.39 is 0 Å². The highest BCUT2D eigenvalue weighted by atomic mass is 35.5. The molecule has 0 atom stereocenters. The average molecular weight is 2010 g/mol. The Bertz CT molecular complexity index is 6190. The third-order valence-corrected chi connectivity index (χ3v) is 17.9. The van der Waals surface area contributed by atoms with E-state index in [-0.39, 0.29) is 47.2 Å². The lowest BCUT2D eigenvalue weighted by molar-refractivity contribution is 0.174. The Kier molecular flexibility index (Phi) is 45.7. The summed E-state index contributed by atoms with van der Waals surface area (Å²) in [5.74, 6) is 12.3. The van der Waals surface area contributed by atoms with E-state index in [9.17, 15) is 5.11 Å². The summed E-state index contributed by atoms with van der Waals surface area (Å²) in [7, 11) is 7.41. The molecule has 770 valence electrons. The van der Waals surface area contributed by atoms with Crippen molar-refractivity contribution >= 4 is 142 Å². The van der Waals surface area contributed by atoms with Gasteiger partial charge in [0.1, 0.15) is 17.4 Å². The molecule has 14 heterocycles. The molecule has 0 aliphatic carbocycles. The van der Waals surface area contributed by atoms with Crippen molar-refractivity contribution in [3.63, 3.8) is 0 Å². The number of aromatic hydroxyl groups is 2. The molecule has 0 radical (unpaired) electrons. The van der Waals surface area contributed by atoms with Crippen molar-refractivity contribution in [1.29, 1.82) is 0 Å². The molecule has 0 saturated heterocycles. The van der Waals surface area contributed by atoms with Gasteiger partial charge < -0.3 is 150 Å². The van der Waals surface area contributed by atoms with Crippen LogP contribution in [0, 0.1) is 13.8 Å². The van der Waals surface area contributed by atoms with Gasteiger partial charge >= 0.3 is 0 Å². The number of H-pyrrole nitrogens is 9. The Morgan fingerprint density at radius 2 is 0.771 bits per heavy atom. The number of aryl methyl sites for hydroxylation is 2. The second-order valence-electron chi connectivity index (χ2n) is 30.3. The number of anilines is 22. The van der Waals surface area contributed by atoms with Gasteiger partial charge in [0.05, 0.1) is 18.8 Å². The molecule has 18 rings (SSSR count). The van der Waals surface area contributed by atoms with Crippen molar-refractivity contribution in [2.45, 2.75) is 92.0 Å². The van der Waals surface area contributed by atoms with Gasteiger partial charge in [0.2, 0.25) is 138 Å². The Morgan fingerprint density at radius 3 is 1.17 bits per heavy atom. The van der Waals surface area contributed by atoms with Crippen LogP contribution < -0.4 is 131 Å². The first kappa shape index (κ1) is 110. The molecule has 0 amide bonds. The third-order valence-electron chi connectivity index (χ3n) is 17.6. The van der Waals surface area contributed by atoms with Gasteiger partial charge in [-0.2, -0.15) is 74.8 Å². The number of halogens is 1. The van der Waals surface area contributed by atoms with Crippen LogP contribution in [0.5, 0.6) is 23.0 Å². The second-order valence-corrected chi connectivity index (χ2v) is 30.7. The molecule has 17 aromatic rings. The highest BCUT2D eigenvalue weighted by Gasteiger charge is 2.15. The summed E-state index contributed by atoms with van der Waals surface area (Å²) in [5.41, 5.74) is 69.1. The molecule has 144 heavy (non-hydrogen) atoms. The molecular formula is C82H124ClN55O6. The predicted molar refractivity (Wildman–Crippen MR) is 551 cm³/mol. The summed E-state index contributed by atoms with van der Waals surface area (Å²) in [6, 6.07) is 34.7. The number of fused-ring (bicyclic) bond motifs is 1. The zero-order valence-electron chi connectivity index (χ0n) is 80.5. The normalized spacial score (nSPS) is 10.4. The van der Waals surface area contributed by atoms with Crippen LogP contribution in [-0.4, -0.2) is 264 Å². The number of unbranched alkanes of at least 4 members (excludes halogenated alkanes) is 1. The van der Waals surface area contributed by atoms with Gasteiger partial charge in [0.25, 0.3) is 0 Å². The van der Waals surface area contributed by atoms with Gasteiger partial charge in [-0.25, -0.2) is 45.9 Å². The number of nitrogens with one attached hydrogen (secondary N) is 17. The van der Waals surface area contributed by atoms with Crippen molar-refractivity contribution in [2.75, 3.05) is 202 Å². The lowest BCUT2D eigenvalue weighted by atomic mass is 10.1. The van der Waals surface area contributed by atoms with Crippen LogP contribution in [0.25, 0.3) is 0 Å². The van der Waals surface area contributed by atoms with Gasteiger partial charge in [-0.15, -0.1) is 45.9 Å². The van der Waals surface area contributed by atoms with Gasteiger partial charge in [0, 0.05) is 91.5 Å². The maximum atomic E-state index is 9.30. The fraction of sp³-hybridized carbons (Fsp3) is 0.317. The highest BCUT2D eigenvalue weighted by molar-refractivity contribution is 6.30. The van der Waals surface area contributed by atoms with Crippen molar-refractivity contribution in [1.82, 2.24) is 167 Å². The number of nitrogen functional groups attached to an aromatic ring is 12. The molecule has 0 spiro atoms. The number of furan rings is 2. The molecule has 0 saturated carbocycles. The summed E-state index contributed by atoms with van der Waals surface area (Å²) in [6.45, 7) is 15.3. The fourth-order valence-electron chi connectivity index (χ4n) is 11.0. The van der Waals surface area contributed by atoms with Crippen LogP contribution in [0.2, 0.25) is 5.02 Å². The monoisotopic (exact) mass is 2010 g/mol. The quantitative estimate of drug-likeness (QED) is 0.0201. The average Bonchev–Trinajstić information content (AvgIpc) is 1.69. The van der Waals surface area contributed by atoms with E-state index in [1.54, 1.807) is 48.5 Å². The van der Waals surface area contributed by atoms with Crippen molar-refractivity contribution in [2.24, 2.45) is 0 Å². The minimum Gasteiger partial charge on any atom is -0.504 e. The Balaban J connectivity index is 0.000000195. The molecule has 61 nitrogen and oxygen atoms in total. The maximum Gasteiger partial charge on any atom is 0.245 e. The first-order valence-corrected chi connectivity index (χ1v) is 44.4. The van der Waals surface area contributed by atoms with Crippen molar-refractivity contribution < 1.29 is 28.5 Å². The van der Waals surface area contributed by atoms with Crippen LogP contribution in [0.3, 0.4) is 0 Å². The number of hydrogen-bond donors (Lipinski definition) is 31. The largest absolute Gasteiger partial charge is 0.504 e. The number of phenolic OH excluding ortho intramolecular Hbond substituents is 2. The number of rotatable bonds is 32. The minimum atomic E-state index is -0.122. The van der Waals surface area contributed by atoms with E-state index in [1.807, 2.05) is 107 Å². The van der Waals surface area contributed by atoms with Gasteiger partial charge in [0.15, 0.2) is 23.0 Å². The molecule has 43 N–H and O–H groups in total. The number of phenols is 2. The highest BCUT2D eigenvalue weighted by Crippen LogP contribution is 2.33. The van der Waals surface area contributed by atoms with E-state index in [4.69, 9.17) is 104 Å². The van der Waals surface area contributed by atoms with Crippen molar-refractivity contribution in [3.05, 3.63) is 178 Å². The number of ether oxygens (including phenoxy) is 2. The van der Waals surface area contributed by atoms with E-state index >= 15 is 0 Å². The van der Waals surface area contributed by atoms with Gasteiger partial charge in [-0.1, -0.05) is 79.5 Å². The molecule has 0 bridgehead atoms. The van der Waals surface area contributed by atoms with Gasteiger partial charge in [-0.05, 0) is 149 Å². The van der Waals surface area contributed by atoms with E-state index in [0.29, 0.717) is 139 Å². The number of nitrogens with zero attached hydrogens (tertiary/aromatic N) is 26. The summed E-state index contributed by atoms with van der Waals surface area (Å²) < 4.78 is 20.7. The fourth-order valence-corrected chi connectivity index (χ4v) is 11.2. The predicted octanol–water partition coefficient (Wildman–Crippen LogP) is 4.66. The second kappa shape index (κ2) is 59.7. The standard InChI is InChI=1S/C13H18ClN5.C11H13N5O2.C10H13N5O2.C10H13N5.2C8H11N5O.C6H11N5.C6H13N5.C4H9N5.C4H7N5.C2H5N5/c1-9(2)16-13-17-12(18-19-13)15-8-7-10-3-5-11(14)6-4-10;12-10-14-11(16-15-10)13-4-3-7-1-2-8-9(5-7)18-6-17-8;11-9-13-10(15-14-9)12-4-3-6-1-2-7(16)8(17)5-6;11-9-13-10(15-14-9)12-7-6-8-4-2-1-3-5-8;9-7-11-8(13-12-7)10-3-1-6-2-4-14-5-6;9-7-11-8(13-12-7)10-4-3-6-2-1-5-14-6;1-4-8-5(7)10-6(9-4)11(2)3;1-2-3-4-8-6-9-5(7)10-11-6;1-9(2)4-6-3(5)7-8-4;1-2-7-3(5)9-4(6)8-2;3-1-5-2(4)7-6-1/h3-6,9H,7-8H2,1-2H3,(H3,15,16,17,18,19);1-2,5H,3-4,6H2,(H4,12,13,14,15,16);1-2,5,16-17H,3-4H2,(H4,11,12,13,14,15);1-5H,6-7H2,(H4,11,12,13,14,15);2,4-5H,1,3H2,(H4,9,10,11,12,13);1-2,5H,3-4H2,(H4,9,10,11,12,13);1-3H3,(H2,7,8,9,10);2-4H2,1H3,(H4,7,8,9,10,11);1-2H3,(H3,5,6,7,8);1H3,(H4,5,6,7,8,9);(H5,3,4,5,6,7). The molecule has 0 fully saturated rings. The molecule has 4 aromatic carbocycles. The molecule has 1 aliphatic heterocycles. The van der Waals surface area contributed by atoms with Crippen LogP contribution in [0.15, 0.2) is 137 Å². The first-order chi connectivity index (χ1) is 69.2. The van der Waals surface area contributed by atoms with Crippen LogP contribution in [-0.2, 0) is 38.5 Å². The number of aromatic nitrogens is 33. The van der Waals surface area contributed by atoms with E-state index in [2.05, 4.69) is 242 Å². The summed E-state index contributed by atoms with van der Waals surface area (Å²) in [6.07, 6.45) is 12.3. The number of hydrogen-bond acceptors (Lipinski definition) is 52. The first-order valence-electron chi connectivity index (χ1n) is 44.0. The van der Waals surface area contributed by atoms with Crippen molar-refractivity contribution in [3.8, 4) is 23.0 Å². The molecular weight excluding hydrogens is 1890 g/mol. The molecule has 62 heteroatoms. The Hall–Kier alpha value is -19.2. The van der Waals surface area contributed by atoms with Crippen LogP contribution in [0.4, 0.5) is 131 Å². The zero-order valence-corrected chi connectivity index (χ0v) is 81.2. The summed E-state index contributed by atoms with van der Waals surface area (Å²) in [4.78, 5) is 61.5. The SMILES string of the molecule is CC(C)Nc1nc(NCCc2ccc(Cl)cc2)n[nH]1.CCCCNc1n[nH]c(N)n1.CN(C)c1n[nH]c(N)n1.Cc1nc(N)nc(N(C)C)n1.Cc1nc(N)nc(N)n1.Nc1n[nH]c(N)n1.Nc1nc(NCCc2ccc(O)c(O)c2)n[nH]1.Nc1nc(NCCc2ccc3c(c2)OCO3)n[nH]1.Nc1nc(NCCc2ccccc2)n[nH]1.Nc1nc(NCCc2ccco2)n[nH]1.Nc1nc(NCCc2ccoc2)n[nH]1. The van der Waals surface area contributed by atoms with E-state index in [1.165, 1.54) is 23.3 Å². The molecule has 0 unspecified atom stereocenters. The number of nitrogens with two attached hydrogens (primary N) is 12. The van der Waals surface area contributed by atoms with Gasteiger partial charge in [-0.3, -0.25) is 0 Å². The maximum absolute atomic E-state index is 9.30. The zero-order chi connectivity index (χ0) is 104. The number of benzene rings is 4. The van der Waals surface area contributed by atoms with Crippen LogP contribution in [0.1, 0.15) is 78.8 Å². The van der Waals surface area contributed by atoms with E-state index in [0.717, 1.165) is 117 Å².